The van der Waals surface area contributed by atoms with Gasteiger partial charge in [-0.2, -0.15) is 0 Å². The summed E-state index contributed by atoms with van der Waals surface area (Å²) in [5.41, 5.74) is 2.70. The first-order valence-electron chi connectivity index (χ1n) is 8.71. The van der Waals surface area contributed by atoms with E-state index in [0.717, 1.165) is 16.5 Å². The summed E-state index contributed by atoms with van der Waals surface area (Å²) < 4.78 is 1.41. The van der Waals surface area contributed by atoms with Gasteiger partial charge in [0.15, 0.2) is 5.78 Å². The molecule has 148 valence electrons. The van der Waals surface area contributed by atoms with Crippen LogP contribution in [0.1, 0.15) is 31.9 Å². The SMILES string of the molecule is Cc1sc(-c2cn(C)c(=O)cc2C=CC(=O)O)c(C(=O)c2ccc(Cl)cc2)c1C. The first-order valence-corrected chi connectivity index (χ1v) is 9.90. The van der Waals surface area contributed by atoms with Crippen LogP contribution in [0.15, 0.2) is 47.4 Å². The minimum atomic E-state index is -1.12. The van der Waals surface area contributed by atoms with Crippen LogP contribution in [0.4, 0.5) is 0 Å². The van der Waals surface area contributed by atoms with Crippen LogP contribution in [0.2, 0.25) is 5.02 Å². The van der Waals surface area contributed by atoms with E-state index in [1.54, 1.807) is 37.5 Å². The molecule has 0 bridgehead atoms. The highest BCUT2D eigenvalue weighted by atomic mass is 35.5. The molecule has 1 N–H and O–H groups in total. The molecular weight excluding hydrogens is 410 g/mol. The van der Waals surface area contributed by atoms with Gasteiger partial charge >= 0.3 is 5.97 Å². The van der Waals surface area contributed by atoms with Gasteiger partial charge in [0.25, 0.3) is 5.56 Å². The van der Waals surface area contributed by atoms with Crippen LogP contribution in [-0.2, 0) is 11.8 Å². The molecule has 0 saturated heterocycles. The number of hydrogen-bond acceptors (Lipinski definition) is 4. The Morgan fingerprint density at radius 2 is 1.83 bits per heavy atom. The van der Waals surface area contributed by atoms with E-state index < -0.39 is 5.97 Å². The third kappa shape index (κ3) is 4.23. The van der Waals surface area contributed by atoms with Crippen LogP contribution >= 0.6 is 22.9 Å². The Labute approximate surface area is 176 Å². The highest BCUT2D eigenvalue weighted by Gasteiger charge is 2.23. The summed E-state index contributed by atoms with van der Waals surface area (Å²) in [6.45, 7) is 3.81. The highest BCUT2D eigenvalue weighted by molar-refractivity contribution is 7.16. The monoisotopic (exact) mass is 427 g/mol. The quantitative estimate of drug-likeness (QED) is 0.472. The number of aromatic nitrogens is 1. The highest BCUT2D eigenvalue weighted by Crippen LogP contribution is 2.39. The predicted octanol–water partition coefficient (Wildman–Crippen LogP) is 4.71. The lowest BCUT2D eigenvalue weighted by atomic mass is 9.96. The fourth-order valence-electron chi connectivity index (χ4n) is 2.97. The Morgan fingerprint density at radius 3 is 2.45 bits per heavy atom. The van der Waals surface area contributed by atoms with Crippen LogP contribution in [-0.4, -0.2) is 21.4 Å². The number of aryl methyl sites for hydroxylation is 2. The summed E-state index contributed by atoms with van der Waals surface area (Å²) in [7, 11) is 1.62. The zero-order valence-corrected chi connectivity index (χ0v) is 17.6. The van der Waals surface area contributed by atoms with Gasteiger partial charge in [-0.3, -0.25) is 9.59 Å². The molecule has 5 nitrogen and oxygen atoms in total. The maximum Gasteiger partial charge on any atom is 0.328 e. The summed E-state index contributed by atoms with van der Waals surface area (Å²) in [5, 5.41) is 9.53. The van der Waals surface area contributed by atoms with Crippen molar-refractivity contribution in [1.29, 1.82) is 0 Å². The number of pyridine rings is 1. The Kier molecular flexibility index (Phi) is 5.86. The smallest absolute Gasteiger partial charge is 0.328 e. The van der Waals surface area contributed by atoms with Gasteiger partial charge < -0.3 is 9.67 Å². The molecule has 0 aliphatic heterocycles. The maximum atomic E-state index is 13.3. The zero-order valence-electron chi connectivity index (χ0n) is 16.0. The molecule has 1 aromatic carbocycles. The molecule has 0 spiro atoms. The predicted molar refractivity (Wildman–Crippen MR) is 116 cm³/mol. The fraction of sp³-hybridized carbons (Fsp3) is 0.136. The van der Waals surface area contributed by atoms with Crippen molar-refractivity contribution in [1.82, 2.24) is 4.57 Å². The van der Waals surface area contributed by atoms with Crippen LogP contribution in [0.25, 0.3) is 16.5 Å². The van der Waals surface area contributed by atoms with Crippen molar-refractivity contribution in [2.75, 3.05) is 0 Å². The number of carboxylic acid groups (broad SMARTS) is 1. The molecule has 0 saturated carbocycles. The van der Waals surface area contributed by atoms with Gasteiger partial charge in [-0.25, -0.2) is 4.79 Å². The van der Waals surface area contributed by atoms with Gasteiger partial charge in [-0.05, 0) is 55.3 Å². The Morgan fingerprint density at radius 1 is 1.17 bits per heavy atom. The summed E-state index contributed by atoms with van der Waals surface area (Å²) in [6, 6.07) is 8.04. The van der Waals surface area contributed by atoms with Crippen molar-refractivity contribution >= 4 is 40.8 Å². The normalized spacial score (nSPS) is 11.2. The number of nitrogens with zero attached hydrogens (tertiary/aromatic N) is 1. The number of rotatable bonds is 5. The molecule has 0 amide bonds. The number of carbonyl (C=O) groups excluding carboxylic acids is 1. The number of aliphatic carboxylic acids is 1. The van der Waals surface area contributed by atoms with Crippen LogP contribution < -0.4 is 5.56 Å². The van der Waals surface area contributed by atoms with Gasteiger partial charge in [-0.15, -0.1) is 11.3 Å². The Balaban J connectivity index is 2.25. The number of hydrogen-bond donors (Lipinski definition) is 1. The molecule has 0 fully saturated rings. The van der Waals surface area contributed by atoms with E-state index in [2.05, 4.69) is 0 Å². The van der Waals surface area contributed by atoms with Crippen molar-refractivity contribution in [2.24, 2.45) is 7.05 Å². The van der Waals surface area contributed by atoms with E-state index in [1.807, 2.05) is 13.8 Å². The summed E-state index contributed by atoms with van der Waals surface area (Å²) in [6.07, 6.45) is 3.99. The first kappa shape index (κ1) is 20.8. The van der Waals surface area contributed by atoms with E-state index in [-0.39, 0.29) is 11.3 Å². The van der Waals surface area contributed by atoms with E-state index in [9.17, 15) is 14.4 Å². The Hall–Kier alpha value is -2.96. The number of benzene rings is 1. The maximum absolute atomic E-state index is 13.3. The molecule has 0 unspecified atom stereocenters. The third-order valence-corrected chi connectivity index (χ3v) is 6.12. The lowest BCUT2D eigenvalue weighted by Gasteiger charge is -2.10. The van der Waals surface area contributed by atoms with Crippen LogP contribution in [0.3, 0.4) is 0 Å². The molecule has 0 aliphatic rings. The summed E-state index contributed by atoms with van der Waals surface area (Å²) in [5.74, 6) is -1.27. The van der Waals surface area contributed by atoms with E-state index in [0.29, 0.717) is 32.2 Å². The Bertz CT molecular complexity index is 1200. The van der Waals surface area contributed by atoms with Gasteiger partial charge in [-0.1, -0.05) is 11.6 Å². The molecule has 3 aromatic rings. The molecule has 2 heterocycles. The lowest BCUT2D eigenvalue weighted by molar-refractivity contribution is -0.131. The van der Waals surface area contributed by atoms with Crippen molar-refractivity contribution < 1.29 is 14.7 Å². The molecule has 0 radical (unpaired) electrons. The van der Waals surface area contributed by atoms with E-state index >= 15 is 0 Å². The second-order valence-electron chi connectivity index (χ2n) is 6.59. The largest absolute Gasteiger partial charge is 0.478 e. The molecule has 0 atom stereocenters. The van der Waals surface area contributed by atoms with Gasteiger partial charge in [0.1, 0.15) is 0 Å². The van der Waals surface area contributed by atoms with Crippen LogP contribution in [0, 0.1) is 13.8 Å². The van der Waals surface area contributed by atoms with Gasteiger partial charge in [0, 0.05) is 56.9 Å². The molecule has 3 rings (SSSR count). The van der Waals surface area contributed by atoms with Crippen molar-refractivity contribution in [3.05, 3.63) is 85.1 Å². The second-order valence-corrected chi connectivity index (χ2v) is 8.25. The average molecular weight is 428 g/mol. The standard InChI is InChI=1S/C22H18ClNO4S/c1-12-13(2)29-22(20(12)21(28)14-4-7-16(23)8-5-14)17-11-24(3)18(25)10-15(17)6-9-19(26)27/h4-11H,1-3H3,(H,26,27). The lowest BCUT2D eigenvalue weighted by Crippen LogP contribution is -2.16. The third-order valence-electron chi connectivity index (χ3n) is 4.63. The molecule has 7 heteroatoms. The van der Waals surface area contributed by atoms with Crippen LogP contribution in [0.5, 0.6) is 0 Å². The molecule has 0 aliphatic carbocycles. The summed E-state index contributed by atoms with van der Waals surface area (Å²) >= 11 is 7.38. The minimum absolute atomic E-state index is 0.152. The topological polar surface area (TPSA) is 76.4 Å². The average Bonchev–Trinajstić information content (AvgIpc) is 2.97. The van der Waals surface area contributed by atoms with Gasteiger partial charge in [0.2, 0.25) is 0 Å². The molecular formula is C22H18ClNO4S. The number of halogens is 1. The fourth-order valence-corrected chi connectivity index (χ4v) is 4.28. The van der Waals surface area contributed by atoms with Crippen molar-refractivity contribution in [3.63, 3.8) is 0 Å². The van der Waals surface area contributed by atoms with E-state index in [1.165, 1.54) is 28.0 Å². The molecule has 2 aromatic heterocycles. The van der Waals surface area contributed by atoms with E-state index in [4.69, 9.17) is 16.7 Å². The first-order chi connectivity index (χ1) is 13.7. The second kappa shape index (κ2) is 8.19. The number of thiophene rings is 1. The number of carbonyl (C=O) groups is 2. The van der Waals surface area contributed by atoms with Gasteiger partial charge in [0.05, 0.1) is 0 Å². The summed E-state index contributed by atoms with van der Waals surface area (Å²) in [4.78, 5) is 38.1. The minimum Gasteiger partial charge on any atom is -0.478 e. The van der Waals surface area contributed by atoms with Crippen molar-refractivity contribution in [3.8, 4) is 10.4 Å². The van der Waals surface area contributed by atoms with Crippen molar-refractivity contribution in [2.45, 2.75) is 13.8 Å². The number of carboxylic acids is 1. The number of ketones is 1. The zero-order chi connectivity index (χ0) is 21.3. The molecule has 29 heavy (non-hydrogen) atoms.